The molecule has 32 heavy (non-hydrogen) atoms. The van der Waals surface area contributed by atoms with E-state index in [1.807, 2.05) is 37.3 Å². The molecule has 0 spiro atoms. The third-order valence-electron chi connectivity index (χ3n) is 4.94. The van der Waals surface area contributed by atoms with Gasteiger partial charge in [-0.25, -0.2) is 9.97 Å². The lowest BCUT2D eigenvalue weighted by atomic mass is 10.1. The molecule has 1 aliphatic rings. The summed E-state index contributed by atoms with van der Waals surface area (Å²) >= 11 is 0. The minimum Gasteiger partial charge on any atom is -0.508 e. The predicted octanol–water partition coefficient (Wildman–Crippen LogP) is 4.74. The Bertz CT molecular complexity index is 1300. The summed E-state index contributed by atoms with van der Waals surface area (Å²) in [6, 6.07) is 10.6. The molecule has 0 unspecified atom stereocenters. The third kappa shape index (κ3) is 4.96. The minimum atomic E-state index is 0.209. The van der Waals surface area contributed by atoms with Crippen molar-refractivity contribution >= 4 is 16.7 Å². The lowest BCUT2D eigenvalue weighted by Crippen LogP contribution is -2.08. The van der Waals surface area contributed by atoms with Crippen molar-refractivity contribution in [3.05, 3.63) is 77.6 Å². The maximum atomic E-state index is 9.64. The third-order valence-corrected chi connectivity index (χ3v) is 4.94. The van der Waals surface area contributed by atoms with Crippen LogP contribution in [0.5, 0.6) is 17.4 Å². The van der Waals surface area contributed by atoms with E-state index in [1.165, 1.54) is 0 Å². The van der Waals surface area contributed by atoms with Gasteiger partial charge in [-0.2, -0.15) is 0 Å². The summed E-state index contributed by atoms with van der Waals surface area (Å²) in [5.41, 5.74) is 4.45. The van der Waals surface area contributed by atoms with Crippen molar-refractivity contribution in [3.8, 4) is 29.2 Å². The van der Waals surface area contributed by atoms with Crippen LogP contribution in [0.25, 0.3) is 11.0 Å². The van der Waals surface area contributed by atoms with E-state index in [4.69, 9.17) is 9.47 Å². The quantitative estimate of drug-likeness (QED) is 0.598. The molecular weight excluding hydrogens is 402 g/mol. The molecule has 160 valence electrons. The van der Waals surface area contributed by atoms with Crippen LogP contribution in [0.4, 0.5) is 0 Å². The first kappa shape index (κ1) is 21.1. The highest BCUT2D eigenvalue weighted by Gasteiger charge is 2.13. The second-order valence-corrected chi connectivity index (χ2v) is 7.22. The highest BCUT2D eigenvalue weighted by Crippen LogP contribution is 2.26. The Kier molecular flexibility index (Phi) is 6.47. The van der Waals surface area contributed by atoms with Crippen molar-refractivity contribution in [2.24, 2.45) is 4.99 Å². The Labute approximate surface area is 187 Å². The molecular formula is C26H23N3O3. The van der Waals surface area contributed by atoms with E-state index in [0.717, 1.165) is 23.3 Å². The molecule has 0 fully saturated rings. The average Bonchev–Trinajstić information content (AvgIpc) is 3.07. The second-order valence-electron chi connectivity index (χ2n) is 7.22. The number of aliphatic imine (C=N–C) groups is 1. The molecule has 2 aromatic carbocycles. The van der Waals surface area contributed by atoms with E-state index in [2.05, 4.69) is 32.9 Å². The monoisotopic (exact) mass is 425 g/mol. The molecule has 4 rings (SSSR count). The molecule has 1 aromatic heterocycles. The maximum Gasteiger partial charge on any atom is 0.249 e. The number of aromatic hydroxyl groups is 1. The van der Waals surface area contributed by atoms with E-state index >= 15 is 0 Å². The van der Waals surface area contributed by atoms with E-state index in [1.54, 1.807) is 31.5 Å². The Hall–Kier alpha value is -4.11. The molecule has 0 saturated carbocycles. The van der Waals surface area contributed by atoms with Crippen LogP contribution in [-0.4, -0.2) is 34.5 Å². The Balaban J connectivity index is 1.67. The van der Waals surface area contributed by atoms with Gasteiger partial charge in [-0.15, -0.1) is 0 Å². The highest BCUT2D eigenvalue weighted by atomic mass is 16.5. The van der Waals surface area contributed by atoms with Gasteiger partial charge in [-0.3, -0.25) is 4.99 Å². The Morgan fingerprint density at radius 2 is 2.00 bits per heavy atom. The molecule has 2 heterocycles. The van der Waals surface area contributed by atoms with Gasteiger partial charge in [-0.05, 0) is 54.8 Å². The molecule has 1 aliphatic heterocycles. The summed E-state index contributed by atoms with van der Waals surface area (Å²) < 4.78 is 11.5. The molecule has 6 heteroatoms. The van der Waals surface area contributed by atoms with Crippen molar-refractivity contribution in [2.75, 3.05) is 13.7 Å². The van der Waals surface area contributed by atoms with Gasteiger partial charge >= 0.3 is 0 Å². The molecule has 6 nitrogen and oxygen atoms in total. The zero-order valence-corrected chi connectivity index (χ0v) is 18.0. The average molecular weight is 425 g/mol. The van der Waals surface area contributed by atoms with Gasteiger partial charge in [0, 0.05) is 30.3 Å². The number of methoxy groups -OCH3 is 1. The first-order valence-corrected chi connectivity index (χ1v) is 10.3. The number of nitrogens with zero attached hydrogens (tertiary/aromatic N) is 3. The second kappa shape index (κ2) is 9.80. The number of hydrogen-bond donors (Lipinski definition) is 1. The lowest BCUT2D eigenvalue weighted by Gasteiger charge is -2.10. The zero-order valence-electron chi connectivity index (χ0n) is 18.0. The van der Waals surface area contributed by atoms with E-state index in [-0.39, 0.29) is 5.75 Å². The molecule has 0 saturated heterocycles. The Morgan fingerprint density at radius 3 is 2.84 bits per heavy atom. The number of phenolic OH excluding ortho intramolecular Hbond substituents is 1. The van der Waals surface area contributed by atoms with E-state index < -0.39 is 0 Å². The predicted molar refractivity (Wildman–Crippen MR) is 125 cm³/mol. The fourth-order valence-electron chi connectivity index (χ4n) is 3.26. The standard InChI is InChI=1S/C26H23N3O3/c1-18-17-21(30)12-10-19(18)11-13-23-26(32-16-14-20-7-4-3-5-15-27-20)29-25-22(28-23)8-6-9-24(25)31-2/h3-6,8-10,12,15,17,30H,7,14,16H2,1-2H3. The number of allylic oxidation sites excluding steroid dienone is 3. The zero-order chi connectivity index (χ0) is 22.3. The van der Waals surface area contributed by atoms with Gasteiger partial charge in [0.15, 0.2) is 5.69 Å². The smallest absolute Gasteiger partial charge is 0.249 e. The molecule has 0 atom stereocenters. The van der Waals surface area contributed by atoms with Crippen molar-refractivity contribution in [3.63, 3.8) is 0 Å². The number of phenols is 1. The number of hydrogen-bond acceptors (Lipinski definition) is 6. The van der Waals surface area contributed by atoms with Gasteiger partial charge in [0.2, 0.25) is 5.88 Å². The van der Waals surface area contributed by atoms with Crippen molar-refractivity contribution in [2.45, 2.75) is 19.8 Å². The normalized spacial score (nSPS) is 12.6. The van der Waals surface area contributed by atoms with Crippen LogP contribution < -0.4 is 9.47 Å². The van der Waals surface area contributed by atoms with Crippen LogP contribution in [0.3, 0.4) is 0 Å². The summed E-state index contributed by atoms with van der Waals surface area (Å²) in [4.78, 5) is 13.8. The molecule has 0 amide bonds. The van der Waals surface area contributed by atoms with Gasteiger partial charge in [0.1, 0.15) is 17.0 Å². The largest absolute Gasteiger partial charge is 0.508 e. The fourth-order valence-corrected chi connectivity index (χ4v) is 3.26. The number of rotatable bonds is 5. The van der Waals surface area contributed by atoms with Crippen LogP contribution in [0, 0.1) is 18.8 Å². The molecule has 1 N–H and O–H groups in total. The topological polar surface area (TPSA) is 76.8 Å². The minimum absolute atomic E-state index is 0.209. The summed E-state index contributed by atoms with van der Waals surface area (Å²) in [6.07, 6.45) is 9.21. The molecule has 0 aliphatic carbocycles. The molecule has 0 bridgehead atoms. The SMILES string of the molecule is COc1cccc2nc(C#Cc3ccc(O)cc3C)c(OCCC3=NC=CC=CC3)nc12. The van der Waals surface area contributed by atoms with Crippen molar-refractivity contribution in [1.82, 2.24) is 9.97 Å². The molecule has 0 radical (unpaired) electrons. The maximum absolute atomic E-state index is 9.64. The number of ether oxygens (including phenoxy) is 2. The van der Waals surface area contributed by atoms with E-state index in [0.29, 0.717) is 41.4 Å². The van der Waals surface area contributed by atoms with Gasteiger partial charge in [0.05, 0.1) is 19.2 Å². The summed E-state index contributed by atoms with van der Waals surface area (Å²) in [7, 11) is 1.60. The Morgan fingerprint density at radius 1 is 1.09 bits per heavy atom. The number of para-hydroxylation sites is 1. The summed E-state index contributed by atoms with van der Waals surface area (Å²) in [5, 5.41) is 9.64. The number of aryl methyl sites for hydroxylation is 1. The summed E-state index contributed by atoms with van der Waals surface area (Å²) in [6.45, 7) is 2.30. The fraction of sp³-hybridized carbons (Fsp3) is 0.192. The van der Waals surface area contributed by atoms with Crippen molar-refractivity contribution in [1.29, 1.82) is 0 Å². The van der Waals surface area contributed by atoms with Gasteiger partial charge in [-0.1, -0.05) is 24.1 Å². The van der Waals surface area contributed by atoms with Gasteiger partial charge in [0.25, 0.3) is 0 Å². The number of aromatic nitrogens is 2. The van der Waals surface area contributed by atoms with Crippen LogP contribution >= 0.6 is 0 Å². The van der Waals surface area contributed by atoms with Crippen LogP contribution in [0.15, 0.2) is 65.8 Å². The first-order valence-electron chi connectivity index (χ1n) is 10.3. The number of fused-ring (bicyclic) bond motifs is 1. The van der Waals surface area contributed by atoms with Gasteiger partial charge < -0.3 is 14.6 Å². The highest BCUT2D eigenvalue weighted by molar-refractivity contribution is 5.87. The van der Waals surface area contributed by atoms with Crippen LogP contribution in [-0.2, 0) is 0 Å². The lowest BCUT2D eigenvalue weighted by molar-refractivity contribution is 0.314. The van der Waals surface area contributed by atoms with Crippen molar-refractivity contribution < 1.29 is 14.6 Å². The first-order chi connectivity index (χ1) is 15.6. The van der Waals surface area contributed by atoms with Crippen LogP contribution in [0.2, 0.25) is 0 Å². The van der Waals surface area contributed by atoms with E-state index in [9.17, 15) is 5.11 Å². The summed E-state index contributed by atoms with van der Waals surface area (Å²) in [5.74, 6) is 7.40. The molecule has 3 aromatic rings. The number of benzene rings is 2. The van der Waals surface area contributed by atoms with Crippen LogP contribution in [0.1, 0.15) is 29.7 Å².